The molecule has 0 radical (unpaired) electrons. The maximum absolute atomic E-state index is 6.42. The summed E-state index contributed by atoms with van der Waals surface area (Å²) in [6.45, 7) is 6.42. The molecule has 0 bridgehead atoms. The molecule has 1 N–H and O–H groups in total. The van der Waals surface area contributed by atoms with Crippen LogP contribution in [0.3, 0.4) is 0 Å². The first-order valence-corrected chi connectivity index (χ1v) is 6.97. The van der Waals surface area contributed by atoms with Crippen LogP contribution in [0.2, 0.25) is 5.02 Å². The summed E-state index contributed by atoms with van der Waals surface area (Å²) in [5.74, 6) is 1.00. The van der Waals surface area contributed by atoms with E-state index < -0.39 is 0 Å². The second-order valence-electron chi connectivity index (χ2n) is 4.38. The van der Waals surface area contributed by atoms with Crippen LogP contribution in [0, 0.1) is 0 Å². The third kappa shape index (κ3) is 2.82. The third-order valence-electron chi connectivity index (χ3n) is 3.15. The first kappa shape index (κ1) is 14.1. The normalized spacial score (nSPS) is 11.2. The van der Waals surface area contributed by atoms with E-state index in [-0.39, 0.29) is 0 Å². The van der Waals surface area contributed by atoms with E-state index in [0.717, 1.165) is 41.7 Å². The summed E-state index contributed by atoms with van der Waals surface area (Å²) in [6, 6.07) is 0. The van der Waals surface area contributed by atoms with E-state index in [9.17, 15) is 0 Å². The SMILES string of the molecule is CCc1nn(CC)c(Cn2ccnc2CNC)c1Cl. The maximum atomic E-state index is 6.42. The average molecular weight is 282 g/mol. The Morgan fingerprint density at radius 2 is 2.16 bits per heavy atom. The van der Waals surface area contributed by atoms with Crippen LogP contribution in [0.15, 0.2) is 12.4 Å². The van der Waals surface area contributed by atoms with Gasteiger partial charge in [-0.25, -0.2) is 4.98 Å². The van der Waals surface area contributed by atoms with Crippen molar-refractivity contribution in [1.29, 1.82) is 0 Å². The van der Waals surface area contributed by atoms with Gasteiger partial charge in [-0.15, -0.1) is 0 Å². The van der Waals surface area contributed by atoms with Gasteiger partial charge in [0.1, 0.15) is 5.82 Å². The fourth-order valence-corrected chi connectivity index (χ4v) is 2.47. The zero-order chi connectivity index (χ0) is 13.8. The topological polar surface area (TPSA) is 47.7 Å². The summed E-state index contributed by atoms with van der Waals surface area (Å²) < 4.78 is 4.08. The molecule has 0 saturated carbocycles. The lowest BCUT2D eigenvalue weighted by Crippen LogP contribution is -2.14. The van der Waals surface area contributed by atoms with Gasteiger partial charge in [0.15, 0.2) is 0 Å². The van der Waals surface area contributed by atoms with Crippen LogP contribution in [-0.4, -0.2) is 26.4 Å². The highest BCUT2D eigenvalue weighted by molar-refractivity contribution is 6.31. The van der Waals surface area contributed by atoms with Crippen molar-refractivity contribution in [1.82, 2.24) is 24.6 Å². The summed E-state index contributed by atoms with van der Waals surface area (Å²) in [6.07, 6.45) is 4.64. The van der Waals surface area contributed by atoms with Gasteiger partial charge in [-0.3, -0.25) is 4.68 Å². The van der Waals surface area contributed by atoms with Gasteiger partial charge in [0.25, 0.3) is 0 Å². The van der Waals surface area contributed by atoms with E-state index in [2.05, 4.69) is 33.8 Å². The second-order valence-corrected chi connectivity index (χ2v) is 4.76. The van der Waals surface area contributed by atoms with Gasteiger partial charge in [-0.1, -0.05) is 18.5 Å². The molecule has 2 rings (SSSR count). The van der Waals surface area contributed by atoms with E-state index in [1.807, 2.05) is 24.1 Å². The number of nitrogens with zero attached hydrogens (tertiary/aromatic N) is 4. The molecule has 0 unspecified atom stereocenters. The molecule has 6 heteroatoms. The quantitative estimate of drug-likeness (QED) is 0.882. The van der Waals surface area contributed by atoms with E-state index in [1.165, 1.54) is 0 Å². The lowest BCUT2D eigenvalue weighted by atomic mass is 10.3. The number of hydrogen-bond acceptors (Lipinski definition) is 3. The molecular formula is C13H20ClN5. The molecule has 0 spiro atoms. The summed E-state index contributed by atoms with van der Waals surface area (Å²) in [5, 5.41) is 8.44. The zero-order valence-corrected chi connectivity index (χ0v) is 12.4. The van der Waals surface area contributed by atoms with E-state index >= 15 is 0 Å². The minimum atomic E-state index is 0.705. The number of hydrogen-bond donors (Lipinski definition) is 1. The number of nitrogens with one attached hydrogen (secondary N) is 1. The Bertz CT molecular complexity index is 543. The Balaban J connectivity index is 2.32. The van der Waals surface area contributed by atoms with Crippen molar-refractivity contribution in [2.45, 2.75) is 39.9 Å². The molecule has 0 atom stereocenters. The Labute approximate surface area is 118 Å². The number of aromatic nitrogens is 4. The predicted octanol–water partition coefficient (Wildman–Crippen LogP) is 2.08. The monoisotopic (exact) mass is 281 g/mol. The van der Waals surface area contributed by atoms with Crippen molar-refractivity contribution in [3.63, 3.8) is 0 Å². The van der Waals surface area contributed by atoms with Crippen LogP contribution in [-0.2, 0) is 26.1 Å². The van der Waals surface area contributed by atoms with Gasteiger partial charge >= 0.3 is 0 Å². The molecule has 2 heterocycles. The standard InChI is InChI=1S/C13H20ClN5/c1-4-10-13(14)11(19(5-2)17-10)9-18-7-6-16-12(18)8-15-3/h6-7,15H,4-5,8-9H2,1-3H3. The number of aryl methyl sites for hydroxylation is 2. The Kier molecular flexibility index (Phi) is 4.61. The highest BCUT2D eigenvalue weighted by Crippen LogP contribution is 2.22. The Hall–Kier alpha value is -1.33. The van der Waals surface area contributed by atoms with Crippen molar-refractivity contribution >= 4 is 11.6 Å². The highest BCUT2D eigenvalue weighted by Gasteiger charge is 2.15. The number of rotatable bonds is 6. The van der Waals surface area contributed by atoms with Crippen LogP contribution in [0.5, 0.6) is 0 Å². The summed E-state index contributed by atoms with van der Waals surface area (Å²) >= 11 is 6.42. The molecular weight excluding hydrogens is 262 g/mol. The van der Waals surface area contributed by atoms with Crippen LogP contribution in [0.1, 0.15) is 31.1 Å². The Morgan fingerprint density at radius 1 is 1.37 bits per heavy atom. The highest BCUT2D eigenvalue weighted by atomic mass is 35.5. The van der Waals surface area contributed by atoms with E-state index in [4.69, 9.17) is 11.6 Å². The Morgan fingerprint density at radius 3 is 2.79 bits per heavy atom. The number of halogens is 1. The second kappa shape index (κ2) is 6.21. The summed E-state index contributed by atoms with van der Waals surface area (Å²) in [4.78, 5) is 4.34. The molecule has 0 aliphatic rings. The average Bonchev–Trinajstić information content (AvgIpc) is 2.97. The minimum Gasteiger partial charge on any atom is -0.328 e. The molecule has 2 aromatic heterocycles. The van der Waals surface area contributed by atoms with Crippen molar-refractivity contribution in [3.05, 3.63) is 34.6 Å². The molecule has 0 aliphatic heterocycles. The van der Waals surface area contributed by atoms with E-state index in [0.29, 0.717) is 6.54 Å². The van der Waals surface area contributed by atoms with Gasteiger partial charge in [-0.2, -0.15) is 5.10 Å². The largest absolute Gasteiger partial charge is 0.328 e. The fourth-order valence-electron chi connectivity index (χ4n) is 2.14. The smallest absolute Gasteiger partial charge is 0.123 e. The molecule has 0 fully saturated rings. The van der Waals surface area contributed by atoms with Gasteiger partial charge in [0.2, 0.25) is 0 Å². The molecule has 19 heavy (non-hydrogen) atoms. The molecule has 0 amide bonds. The molecule has 5 nitrogen and oxygen atoms in total. The van der Waals surface area contributed by atoms with Crippen molar-refractivity contribution in [2.75, 3.05) is 7.05 Å². The third-order valence-corrected chi connectivity index (χ3v) is 3.59. The van der Waals surface area contributed by atoms with Crippen molar-refractivity contribution in [3.8, 4) is 0 Å². The molecule has 104 valence electrons. The lowest BCUT2D eigenvalue weighted by Gasteiger charge is -2.09. The summed E-state index contributed by atoms with van der Waals surface area (Å²) in [5.41, 5.74) is 2.02. The first-order valence-electron chi connectivity index (χ1n) is 6.59. The first-order chi connectivity index (χ1) is 9.21. The van der Waals surface area contributed by atoms with Crippen molar-refractivity contribution < 1.29 is 0 Å². The van der Waals surface area contributed by atoms with Gasteiger partial charge in [0.05, 0.1) is 29.5 Å². The van der Waals surface area contributed by atoms with Gasteiger partial charge in [-0.05, 0) is 20.4 Å². The number of imidazole rings is 1. The maximum Gasteiger partial charge on any atom is 0.123 e. The zero-order valence-electron chi connectivity index (χ0n) is 11.6. The van der Waals surface area contributed by atoms with Crippen molar-refractivity contribution in [2.24, 2.45) is 0 Å². The summed E-state index contributed by atoms with van der Waals surface area (Å²) in [7, 11) is 1.91. The van der Waals surface area contributed by atoms with Crippen LogP contribution in [0.4, 0.5) is 0 Å². The molecule has 2 aromatic rings. The van der Waals surface area contributed by atoms with Gasteiger partial charge in [0, 0.05) is 18.9 Å². The molecule has 0 aromatic carbocycles. The van der Waals surface area contributed by atoms with Crippen LogP contribution < -0.4 is 5.32 Å². The van der Waals surface area contributed by atoms with Crippen LogP contribution >= 0.6 is 11.6 Å². The van der Waals surface area contributed by atoms with Crippen LogP contribution in [0.25, 0.3) is 0 Å². The van der Waals surface area contributed by atoms with Gasteiger partial charge < -0.3 is 9.88 Å². The molecule has 0 aliphatic carbocycles. The fraction of sp³-hybridized carbons (Fsp3) is 0.538. The lowest BCUT2D eigenvalue weighted by molar-refractivity contribution is 0.581. The predicted molar refractivity (Wildman–Crippen MR) is 76.4 cm³/mol. The minimum absolute atomic E-state index is 0.705. The molecule has 0 saturated heterocycles. The van der Waals surface area contributed by atoms with E-state index in [1.54, 1.807) is 0 Å².